The number of hydrogen-bond acceptors (Lipinski definition) is 4. The third-order valence-corrected chi connectivity index (χ3v) is 5.29. The van der Waals surface area contributed by atoms with Gasteiger partial charge in [0.1, 0.15) is 0 Å². The third-order valence-electron chi connectivity index (χ3n) is 4.16. The van der Waals surface area contributed by atoms with E-state index in [0.29, 0.717) is 18.8 Å². The summed E-state index contributed by atoms with van der Waals surface area (Å²) in [5.41, 5.74) is 0.597. The lowest BCUT2D eigenvalue weighted by Crippen LogP contribution is -2.52. The number of carbonyl (C=O) groups is 2. The minimum absolute atomic E-state index is 0.0649. The van der Waals surface area contributed by atoms with Crippen molar-refractivity contribution in [1.29, 1.82) is 0 Å². The molecule has 2 aliphatic rings. The van der Waals surface area contributed by atoms with Crippen molar-refractivity contribution in [2.24, 2.45) is 0 Å². The van der Waals surface area contributed by atoms with Crippen molar-refractivity contribution in [2.75, 3.05) is 18.0 Å². The van der Waals surface area contributed by atoms with Crippen LogP contribution in [0, 0.1) is 0 Å². The average molecular weight is 446 g/mol. The van der Waals surface area contributed by atoms with Crippen LogP contribution in [0.4, 0.5) is 5.69 Å². The molecule has 1 aromatic carbocycles. The van der Waals surface area contributed by atoms with Crippen LogP contribution in [0.1, 0.15) is 20.3 Å². The van der Waals surface area contributed by atoms with Gasteiger partial charge >= 0.3 is 0 Å². The number of amides is 2. The number of benzene rings is 1. The van der Waals surface area contributed by atoms with E-state index in [0.717, 1.165) is 8.95 Å². The maximum atomic E-state index is 12.9. The number of ether oxygens (including phenoxy) is 1. The Morgan fingerprint density at radius 1 is 1.13 bits per heavy atom. The molecule has 23 heavy (non-hydrogen) atoms. The molecule has 2 amide bonds. The van der Waals surface area contributed by atoms with E-state index in [1.807, 2.05) is 26.0 Å². The fraction of sp³-hybridized carbons (Fsp3) is 0.500. The van der Waals surface area contributed by atoms with Crippen LogP contribution < -0.4 is 4.90 Å². The zero-order valence-corrected chi connectivity index (χ0v) is 16.1. The van der Waals surface area contributed by atoms with E-state index in [1.165, 1.54) is 4.90 Å². The molecule has 0 unspecified atom stereocenters. The molecule has 0 radical (unpaired) electrons. The van der Waals surface area contributed by atoms with Crippen molar-refractivity contribution in [2.45, 2.75) is 38.5 Å². The standard InChI is InChI=1S/C16H18Br2N2O3/c1-9-7-19(8-10(2)23-9)14-6-15(21)20(16(14)22)13-4-3-11(17)5-12(13)18/h3-5,9-10,14H,6-8H2,1-2H3/t9-,10-,14+/m0/s1. The Balaban J connectivity index is 1.85. The highest BCUT2D eigenvalue weighted by Crippen LogP contribution is 2.34. The zero-order chi connectivity index (χ0) is 16.7. The largest absolute Gasteiger partial charge is 0.373 e. The van der Waals surface area contributed by atoms with Gasteiger partial charge in [-0.1, -0.05) is 15.9 Å². The molecule has 0 aliphatic carbocycles. The second-order valence-corrected chi connectivity index (χ2v) is 7.86. The lowest BCUT2D eigenvalue weighted by molar-refractivity contribution is -0.127. The summed E-state index contributed by atoms with van der Waals surface area (Å²) >= 11 is 6.82. The lowest BCUT2D eigenvalue weighted by Gasteiger charge is -2.37. The molecule has 0 bridgehead atoms. The number of halogens is 2. The SMILES string of the molecule is C[C@H]1CN([C@@H]2CC(=O)N(c3ccc(Br)cc3Br)C2=O)C[C@H](C)O1. The van der Waals surface area contributed by atoms with Gasteiger partial charge in [0.05, 0.1) is 30.4 Å². The lowest BCUT2D eigenvalue weighted by atomic mass is 10.1. The van der Waals surface area contributed by atoms with Crippen molar-refractivity contribution in [3.05, 3.63) is 27.1 Å². The van der Waals surface area contributed by atoms with Crippen LogP contribution >= 0.6 is 31.9 Å². The summed E-state index contributed by atoms with van der Waals surface area (Å²) in [5, 5.41) is 0. The van der Waals surface area contributed by atoms with E-state index < -0.39 is 6.04 Å². The molecule has 2 saturated heterocycles. The second-order valence-electron chi connectivity index (χ2n) is 6.09. The van der Waals surface area contributed by atoms with Crippen LogP contribution in [0.5, 0.6) is 0 Å². The van der Waals surface area contributed by atoms with E-state index in [2.05, 4.69) is 36.8 Å². The summed E-state index contributed by atoms with van der Waals surface area (Å²) in [7, 11) is 0. The number of anilines is 1. The molecule has 1 aromatic rings. The van der Waals surface area contributed by atoms with Crippen LogP contribution in [0.3, 0.4) is 0 Å². The highest BCUT2D eigenvalue weighted by atomic mass is 79.9. The Hall–Kier alpha value is -0.760. The molecule has 0 saturated carbocycles. The molecule has 5 nitrogen and oxygen atoms in total. The van der Waals surface area contributed by atoms with Gasteiger partial charge in [-0.05, 0) is 48.0 Å². The van der Waals surface area contributed by atoms with E-state index in [9.17, 15) is 9.59 Å². The summed E-state index contributed by atoms with van der Waals surface area (Å²) in [6.07, 6.45) is 0.353. The van der Waals surface area contributed by atoms with Crippen molar-refractivity contribution >= 4 is 49.4 Å². The zero-order valence-electron chi connectivity index (χ0n) is 13.0. The Labute approximate surface area is 152 Å². The Morgan fingerprint density at radius 2 is 1.78 bits per heavy atom. The number of nitrogens with zero attached hydrogens (tertiary/aromatic N) is 2. The molecule has 2 aliphatic heterocycles. The smallest absolute Gasteiger partial charge is 0.251 e. The minimum atomic E-state index is -0.396. The van der Waals surface area contributed by atoms with Crippen LogP contribution in [0.15, 0.2) is 27.1 Å². The van der Waals surface area contributed by atoms with Crippen molar-refractivity contribution in [3.8, 4) is 0 Å². The predicted octanol–water partition coefficient (Wildman–Crippen LogP) is 2.95. The number of carbonyl (C=O) groups excluding carboxylic acids is 2. The molecular weight excluding hydrogens is 428 g/mol. The van der Waals surface area contributed by atoms with E-state index in [-0.39, 0.29) is 30.4 Å². The van der Waals surface area contributed by atoms with Crippen LogP contribution in [-0.2, 0) is 14.3 Å². The van der Waals surface area contributed by atoms with Gasteiger partial charge in [-0.15, -0.1) is 0 Å². The van der Waals surface area contributed by atoms with E-state index in [4.69, 9.17) is 4.74 Å². The van der Waals surface area contributed by atoms with Crippen molar-refractivity contribution < 1.29 is 14.3 Å². The molecule has 0 spiro atoms. The molecule has 7 heteroatoms. The highest BCUT2D eigenvalue weighted by Gasteiger charge is 2.44. The fourth-order valence-corrected chi connectivity index (χ4v) is 4.51. The van der Waals surface area contributed by atoms with Crippen LogP contribution in [-0.4, -0.2) is 48.1 Å². The van der Waals surface area contributed by atoms with Gasteiger partial charge < -0.3 is 4.74 Å². The summed E-state index contributed by atoms with van der Waals surface area (Å²) in [6.45, 7) is 5.33. The van der Waals surface area contributed by atoms with Crippen LogP contribution in [0.25, 0.3) is 0 Å². The quantitative estimate of drug-likeness (QED) is 0.656. The number of morpholine rings is 1. The van der Waals surface area contributed by atoms with Gasteiger partial charge in [-0.25, -0.2) is 4.90 Å². The second kappa shape index (κ2) is 6.63. The number of rotatable bonds is 2. The molecule has 3 atom stereocenters. The van der Waals surface area contributed by atoms with Gasteiger partial charge in [0, 0.05) is 22.0 Å². The molecule has 3 rings (SSSR count). The predicted molar refractivity (Wildman–Crippen MR) is 94.3 cm³/mol. The summed E-state index contributed by atoms with van der Waals surface area (Å²) in [4.78, 5) is 28.7. The molecule has 124 valence electrons. The van der Waals surface area contributed by atoms with E-state index in [1.54, 1.807) is 6.07 Å². The monoisotopic (exact) mass is 444 g/mol. The average Bonchev–Trinajstić information content (AvgIpc) is 2.74. The first-order valence-corrected chi connectivity index (χ1v) is 9.16. The first-order chi connectivity index (χ1) is 10.9. The Morgan fingerprint density at radius 3 is 2.39 bits per heavy atom. The van der Waals surface area contributed by atoms with Gasteiger partial charge in [0.15, 0.2) is 0 Å². The first kappa shape index (κ1) is 17.1. The number of hydrogen-bond donors (Lipinski definition) is 0. The molecule has 2 fully saturated rings. The van der Waals surface area contributed by atoms with Gasteiger partial charge in [0.25, 0.3) is 5.91 Å². The Bertz CT molecular complexity index is 642. The summed E-state index contributed by atoms with van der Waals surface area (Å²) in [5.74, 6) is -0.311. The first-order valence-electron chi connectivity index (χ1n) is 7.58. The Kier molecular flexibility index (Phi) is 4.92. The fourth-order valence-electron chi connectivity index (χ4n) is 3.29. The molecular formula is C16H18Br2N2O3. The summed E-state index contributed by atoms with van der Waals surface area (Å²) < 4.78 is 7.33. The van der Waals surface area contributed by atoms with Crippen molar-refractivity contribution in [3.63, 3.8) is 0 Å². The minimum Gasteiger partial charge on any atom is -0.373 e. The van der Waals surface area contributed by atoms with Crippen molar-refractivity contribution in [1.82, 2.24) is 4.90 Å². The normalized spacial score (nSPS) is 29.4. The van der Waals surface area contributed by atoms with Gasteiger partial charge in [-0.2, -0.15) is 0 Å². The van der Waals surface area contributed by atoms with Gasteiger partial charge in [0.2, 0.25) is 5.91 Å². The molecule has 0 N–H and O–H groups in total. The van der Waals surface area contributed by atoms with Crippen LogP contribution in [0.2, 0.25) is 0 Å². The maximum Gasteiger partial charge on any atom is 0.251 e. The summed E-state index contributed by atoms with van der Waals surface area (Å²) in [6, 6.07) is 5.04. The van der Waals surface area contributed by atoms with Gasteiger partial charge in [-0.3, -0.25) is 14.5 Å². The molecule has 0 aromatic heterocycles. The maximum absolute atomic E-state index is 12.9. The topological polar surface area (TPSA) is 49.9 Å². The molecule has 2 heterocycles. The third kappa shape index (κ3) is 3.38. The number of imide groups is 1. The highest BCUT2D eigenvalue weighted by molar-refractivity contribution is 9.11. The van der Waals surface area contributed by atoms with E-state index >= 15 is 0 Å².